The number of amides is 2. The van der Waals surface area contributed by atoms with Gasteiger partial charge in [0.1, 0.15) is 6.54 Å². The Kier molecular flexibility index (Phi) is 5.73. The zero-order valence-electron chi connectivity index (χ0n) is 13.5. The monoisotopic (exact) mass is 318 g/mol. The number of ether oxygens (including phenoxy) is 1. The molecule has 0 saturated carbocycles. The zero-order valence-corrected chi connectivity index (χ0v) is 13.5. The molecule has 1 aromatic rings. The third-order valence-electron chi connectivity index (χ3n) is 3.84. The Labute approximate surface area is 136 Å². The molecule has 0 spiro atoms. The summed E-state index contributed by atoms with van der Waals surface area (Å²) in [4.78, 5) is 39.2. The Morgan fingerprint density at radius 3 is 2.57 bits per heavy atom. The first kappa shape index (κ1) is 17.0. The molecule has 2 amide bonds. The number of hydrogen-bond acceptors (Lipinski definition) is 4. The highest BCUT2D eigenvalue weighted by Gasteiger charge is 2.35. The van der Waals surface area contributed by atoms with Crippen LogP contribution in [0, 0.1) is 5.92 Å². The maximum Gasteiger partial charge on any atom is 0.325 e. The quantitative estimate of drug-likeness (QED) is 0.736. The molecular formula is C17H22N2O4. The highest BCUT2D eigenvalue weighted by molar-refractivity contribution is 5.90. The molecule has 0 unspecified atom stereocenters. The maximum absolute atomic E-state index is 12.7. The summed E-state index contributed by atoms with van der Waals surface area (Å²) < 4.78 is 4.95. The first-order chi connectivity index (χ1) is 11.0. The van der Waals surface area contributed by atoms with Gasteiger partial charge in [0, 0.05) is 26.6 Å². The highest BCUT2D eigenvalue weighted by atomic mass is 16.5. The van der Waals surface area contributed by atoms with Crippen LogP contribution in [0.25, 0.3) is 0 Å². The van der Waals surface area contributed by atoms with E-state index in [1.54, 1.807) is 18.9 Å². The smallest absolute Gasteiger partial charge is 0.325 e. The topological polar surface area (TPSA) is 66.9 Å². The van der Waals surface area contributed by atoms with E-state index in [1.165, 1.54) is 4.90 Å². The summed E-state index contributed by atoms with van der Waals surface area (Å²) in [5.74, 6) is -1.06. The van der Waals surface area contributed by atoms with Gasteiger partial charge in [0.2, 0.25) is 11.8 Å². The summed E-state index contributed by atoms with van der Waals surface area (Å²) in [5.41, 5.74) is 0.933. The Balaban J connectivity index is 2.10. The van der Waals surface area contributed by atoms with Crippen molar-refractivity contribution < 1.29 is 19.1 Å². The van der Waals surface area contributed by atoms with E-state index in [1.807, 2.05) is 30.3 Å². The van der Waals surface area contributed by atoms with Crippen LogP contribution in [0.15, 0.2) is 30.3 Å². The van der Waals surface area contributed by atoms with E-state index in [2.05, 4.69) is 0 Å². The number of carbonyl (C=O) groups excluding carboxylic acids is 3. The fourth-order valence-electron chi connectivity index (χ4n) is 2.67. The van der Waals surface area contributed by atoms with E-state index in [9.17, 15) is 14.4 Å². The normalized spacial score (nSPS) is 17.2. The molecule has 6 nitrogen and oxygen atoms in total. The average Bonchev–Trinajstić information content (AvgIpc) is 2.86. The number of nitrogens with zero attached hydrogens (tertiary/aromatic N) is 2. The molecule has 1 atom stereocenters. The summed E-state index contributed by atoms with van der Waals surface area (Å²) in [6.45, 7) is 2.62. The standard InChI is InChI=1S/C17H22N2O4/c1-3-23-16(21)12-19(10-13-7-5-4-6-8-13)17(22)14-9-15(20)18(2)11-14/h4-8,14H,3,9-12H2,1-2H3/t14-/m1/s1. The number of carbonyl (C=O) groups is 3. The van der Waals surface area contributed by atoms with Crippen molar-refractivity contribution in [1.29, 1.82) is 0 Å². The summed E-state index contributed by atoms with van der Waals surface area (Å²) >= 11 is 0. The fourth-order valence-corrected chi connectivity index (χ4v) is 2.67. The minimum atomic E-state index is -0.436. The van der Waals surface area contributed by atoms with E-state index in [4.69, 9.17) is 4.74 Å². The second-order valence-electron chi connectivity index (χ2n) is 5.66. The predicted octanol–water partition coefficient (Wildman–Crippen LogP) is 1.06. The van der Waals surface area contributed by atoms with Gasteiger partial charge in [-0.05, 0) is 12.5 Å². The van der Waals surface area contributed by atoms with E-state index in [-0.39, 0.29) is 31.4 Å². The van der Waals surface area contributed by atoms with Crippen LogP contribution in [-0.4, -0.2) is 54.3 Å². The average molecular weight is 318 g/mol. The van der Waals surface area contributed by atoms with Gasteiger partial charge in [0.25, 0.3) is 0 Å². The Morgan fingerprint density at radius 2 is 2.00 bits per heavy atom. The zero-order chi connectivity index (χ0) is 16.8. The second kappa shape index (κ2) is 7.76. The molecule has 1 aromatic carbocycles. The number of benzene rings is 1. The summed E-state index contributed by atoms with van der Waals surface area (Å²) in [5, 5.41) is 0. The first-order valence-electron chi connectivity index (χ1n) is 7.73. The molecule has 0 aliphatic carbocycles. The van der Waals surface area contributed by atoms with Crippen LogP contribution < -0.4 is 0 Å². The van der Waals surface area contributed by atoms with Gasteiger partial charge in [-0.1, -0.05) is 30.3 Å². The molecule has 0 radical (unpaired) electrons. The van der Waals surface area contributed by atoms with Crippen LogP contribution >= 0.6 is 0 Å². The molecule has 0 aromatic heterocycles. The summed E-state index contributed by atoms with van der Waals surface area (Å²) in [7, 11) is 1.68. The van der Waals surface area contributed by atoms with Crippen LogP contribution in [0.1, 0.15) is 18.9 Å². The Hall–Kier alpha value is -2.37. The van der Waals surface area contributed by atoms with Gasteiger partial charge in [0.05, 0.1) is 12.5 Å². The van der Waals surface area contributed by atoms with Gasteiger partial charge in [-0.3, -0.25) is 14.4 Å². The van der Waals surface area contributed by atoms with Gasteiger partial charge >= 0.3 is 5.97 Å². The van der Waals surface area contributed by atoms with E-state index < -0.39 is 11.9 Å². The molecule has 1 saturated heterocycles. The largest absolute Gasteiger partial charge is 0.465 e. The minimum absolute atomic E-state index is 0.0425. The van der Waals surface area contributed by atoms with E-state index in [0.717, 1.165) is 5.56 Å². The number of hydrogen-bond donors (Lipinski definition) is 0. The van der Waals surface area contributed by atoms with Gasteiger partial charge in [-0.15, -0.1) is 0 Å². The van der Waals surface area contributed by atoms with Crippen LogP contribution in [0.4, 0.5) is 0 Å². The van der Waals surface area contributed by atoms with Crippen molar-refractivity contribution in [2.45, 2.75) is 19.9 Å². The lowest BCUT2D eigenvalue weighted by Crippen LogP contribution is -2.40. The summed E-state index contributed by atoms with van der Waals surface area (Å²) in [6, 6.07) is 9.46. The lowest BCUT2D eigenvalue weighted by atomic mass is 10.1. The molecule has 1 fully saturated rings. The van der Waals surface area contributed by atoms with Crippen molar-refractivity contribution in [3.05, 3.63) is 35.9 Å². The number of esters is 1. The molecule has 6 heteroatoms. The van der Waals surface area contributed by atoms with Crippen LogP contribution in [0.2, 0.25) is 0 Å². The molecular weight excluding hydrogens is 296 g/mol. The van der Waals surface area contributed by atoms with Crippen molar-refractivity contribution >= 4 is 17.8 Å². The van der Waals surface area contributed by atoms with Gasteiger partial charge in [-0.2, -0.15) is 0 Å². The van der Waals surface area contributed by atoms with E-state index >= 15 is 0 Å². The molecule has 124 valence electrons. The first-order valence-corrected chi connectivity index (χ1v) is 7.73. The predicted molar refractivity (Wildman–Crippen MR) is 84.2 cm³/mol. The lowest BCUT2D eigenvalue weighted by molar-refractivity contribution is -0.150. The summed E-state index contributed by atoms with van der Waals surface area (Å²) in [6.07, 6.45) is 0.198. The van der Waals surface area contributed by atoms with Crippen molar-refractivity contribution in [2.75, 3.05) is 26.7 Å². The molecule has 1 aliphatic heterocycles. The molecule has 0 bridgehead atoms. The van der Waals surface area contributed by atoms with Gasteiger partial charge < -0.3 is 14.5 Å². The van der Waals surface area contributed by atoms with Crippen molar-refractivity contribution in [3.63, 3.8) is 0 Å². The highest BCUT2D eigenvalue weighted by Crippen LogP contribution is 2.20. The maximum atomic E-state index is 12.7. The molecule has 0 N–H and O–H groups in total. The number of rotatable bonds is 6. The molecule has 1 heterocycles. The third-order valence-corrected chi connectivity index (χ3v) is 3.84. The van der Waals surface area contributed by atoms with E-state index in [0.29, 0.717) is 13.1 Å². The lowest BCUT2D eigenvalue weighted by Gasteiger charge is -2.24. The Morgan fingerprint density at radius 1 is 1.30 bits per heavy atom. The molecule has 23 heavy (non-hydrogen) atoms. The second-order valence-corrected chi connectivity index (χ2v) is 5.66. The van der Waals surface area contributed by atoms with Gasteiger partial charge in [0.15, 0.2) is 0 Å². The van der Waals surface area contributed by atoms with Crippen molar-refractivity contribution in [1.82, 2.24) is 9.80 Å². The Bertz CT molecular complexity index is 573. The SMILES string of the molecule is CCOC(=O)CN(Cc1ccccc1)C(=O)[C@@H]1CC(=O)N(C)C1. The molecule has 2 rings (SSSR count). The third kappa shape index (κ3) is 4.55. The fraction of sp³-hybridized carbons (Fsp3) is 0.471. The van der Waals surface area contributed by atoms with Crippen molar-refractivity contribution in [2.24, 2.45) is 5.92 Å². The van der Waals surface area contributed by atoms with Crippen LogP contribution in [-0.2, 0) is 25.7 Å². The number of likely N-dealkylation sites (tertiary alicyclic amines) is 1. The minimum Gasteiger partial charge on any atom is -0.465 e. The van der Waals surface area contributed by atoms with Crippen molar-refractivity contribution in [3.8, 4) is 0 Å². The van der Waals surface area contributed by atoms with Gasteiger partial charge in [-0.25, -0.2) is 0 Å². The molecule has 1 aliphatic rings. The van der Waals surface area contributed by atoms with Crippen LogP contribution in [0.5, 0.6) is 0 Å². The van der Waals surface area contributed by atoms with Crippen LogP contribution in [0.3, 0.4) is 0 Å².